The molecule has 0 bridgehead atoms. The number of hydrogen-bond donors (Lipinski definition) is 2. The lowest BCUT2D eigenvalue weighted by atomic mass is 10.1. The van der Waals surface area contributed by atoms with Gasteiger partial charge in [0.25, 0.3) is 0 Å². The van der Waals surface area contributed by atoms with Crippen molar-refractivity contribution >= 4 is 28.4 Å². The van der Waals surface area contributed by atoms with Gasteiger partial charge in [-0.2, -0.15) is 4.37 Å². The largest absolute Gasteiger partial charge is 0.478 e. The molecule has 6 nitrogen and oxygen atoms in total. The number of aromatic nitrogens is 1. The molecule has 0 saturated carbocycles. The molecular weight excluding hydrogens is 268 g/mol. The molecule has 0 spiro atoms. The van der Waals surface area contributed by atoms with Crippen LogP contribution in [0.15, 0.2) is 0 Å². The van der Waals surface area contributed by atoms with Crippen LogP contribution in [0.4, 0.5) is 5.00 Å². The Balaban J connectivity index is 1.89. The van der Waals surface area contributed by atoms with Crippen LogP contribution in [-0.2, 0) is 9.53 Å². The van der Waals surface area contributed by atoms with Crippen LogP contribution in [0.5, 0.6) is 0 Å². The van der Waals surface area contributed by atoms with Crippen LogP contribution in [0.1, 0.15) is 41.7 Å². The first-order valence-corrected chi connectivity index (χ1v) is 6.96. The Kier molecular flexibility index (Phi) is 4.49. The molecule has 1 amide bonds. The van der Waals surface area contributed by atoms with Gasteiger partial charge in [0.15, 0.2) is 0 Å². The van der Waals surface area contributed by atoms with Gasteiger partial charge >= 0.3 is 5.97 Å². The lowest BCUT2D eigenvalue weighted by Crippen LogP contribution is -2.16. The summed E-state index contributed by atoms with van der Waals surface area (Å²) in [6.07, 6.45) is 3.21. The SMILES string of the molecule is Cc1nsc(NC(=O)CCC2CCCO2)c1C(=O)O. The van der Waals surface area contributed by atoms with Crippen LogP contribution < -0.4 is 5.32 Å². The van der Waals surface area contributed by atoms with Gasteiger partial charge in [0.2, 0.25) is 5.91 Å². The van der Waals surface area contributed by atoms with Crippen molar-refractivity contribution in [3.05, 3.63) is 11.3 Å². The molecule has 104 valence electrons. The summed E-state index contributed by atoms with van der Waals surface area (Å²) in [7, 11) is 0. The summed E-state index contributed by atoms with van der Waals surface area (Å²) in [5.41, 5.74) is 0.502. The Bertz CT molecular complexity index is 480. The number of ether oxygens (including phenoxy) is 1. The molecule has 1 aromatic rings. The average Bonchev–Trinajstić information content (AvgIpc) is 2.96. The summed E-state index contributed by atoms with van der Waals surface area (Å²) < 4.78 is 9.39. The molecule has 2 N–H and O–H groups in total. The van der Waals surface area contributed by atoms with Crippen molar-refractivity contribution in [2.75, 3.05) is 11.9 Å². The maximum atomic E-state index is 11.8. The van der Waals surface area contributed by atoms with E-state index in [1.807, 2.05) is 0 Å². The second-order valence-electron chi connectivity index (χ2n) is 4.50. The number of aryl methyl sites for hydroxylation is 1. The number of nitrogens with one attached hydrogen (secondary N) is 1. The van der Waals surface area contributed by atoms with Gasteiger partial charge in [-0.15, -0.1) is 0 Å². The number of aromatic carboxylic acids is 1. The normalized spacial score (nSPS) is 18.5. The molecule has 1 fully saturated rings. The maximum absolute atomic E-state index is 11.8. The van der Waals surface area contributed by atoms with Crippen LogP contribution >= 0.6 is 11.5 Å². The zero-order chi connectivity index (χ0) is 13.8. The molecule has 7 heteroatoms. The molecule has 1 aliphatic rings. The van der Waals surface area contributed by atoms with E-state index in [1.165, 1.54) is 0 Å². The van der Waals surface area contributed by atoms with Crippen LogP contribution in [-0.4, -0.2) is 34.1 Å². The number of hydrogen-bond acceptors (Lipinski definition) is 5. The van der Waals surface area contributed by atoms with E-state index in [-0.39, 0.29) is 17.6 Å². The number of carboxylic acids is 1. The highest BCUT2D eigenvalue weighted by Gasteiger charge is 2.20. The predicted octanol–water partition coefficient (Wildman–Crippen LogP) is 2.05. The van der Waals surface area contributed by atoms with Gasteiger partial charge in [-0.3, -0.25) is 4.79 Å². The number of carbonyl (C=O) groups is 2. The molecule has 19 heavy (non-hydrogen) atoms. The number of nitrogens with zero attached hydrogens (tertiary/aromatic N) is 1. The van der Waals surface area contributed by atoms with Gasteiger partial charge in [-0.25, -0.2) is 4.79 Å². The van der Waals surface area contributed by atoms with E-state index in [9.17, 15) is 9.59 Å². The third-order valence-electron chi connectivity index (χ3n) is 3.05. The van der Waals surface area contributed by atoms with E-state index in [0.29, 0.717) is 23.5 Å². The van der Waals surface area contributed by atoms with Crippen molar-refractivity contribution in [3.63, 3.8) is 0 Å². The zero-order valence-corrected chi connectivity index (χ0v) is 11.5. The van der Waals surface area contributed by atoms with Crippen LogP contribution in [0.3, 0.4) is 0 Å². The summed E-state index contributed by atoms with van der Waals surface area (Å²) in [4.78, 5) is 22.8. The molecule has 2 rings (SSSR count). The van der Waals surface area contributed by atoms with Crippen LogP contribution in [0, 0.1) is 6.92 Å². The van der Waals surface area contributed by atoms with Gasteiger partial charge in [-0.05, 0) is 37.7 Å². The first-order chi connectivity index (χ1) is 9.08. The van der Waals surface area contributed by atoms with Crippen molar-refractivity contribution in [2.24, 2.45) is 0 Å². The highest BCUT2D eigenvalue weighted by molar-refractivity contribution is 7.11. The van der Waals surface area contributed by atoms with Crippen LogP contribution in [0.2, 0.25) is 0 Å². The first-order valence-electron chi connectivity index (χ1n) is 6.19. The second-order valence-corrected chi connectivity index (χ2v) is 5.27. The second kappa shape index (κ2) is 6.12. The van der Waals surface area contributed by atoms with Gasteiger partial charge in [0.05, 0.1) is 11.8 Å². The number of anilines is 1. The average molecular weight is 284 g/mol. The fraction of sp³-hybridized carbons (Fsp3) is 0.583. The Labute approximate surface area is 114 Å². The Hall–Kier alpha value is -1.47. The minimum Gasteiger partial charge on any atom is -0.478 e. The molecule has 0 aliphatic carbocycles. The maximum Gasteiger partial charge on any atom is 0.340 e. The topological polar surface area (TPSA) is 88.5 Å². The number of rotatable bonds is 5. The molecular formula is C12H16N2O4S. The molecule has 0 aromatic carbocycles. The molecule has 1 aliphatic heterocycles. The van der Waals surface area contributed by atoms with Gasteiger partial charge < -0.3 is 15.2 Å². The number of carboxylic acid groups (broad SMARTS) is 1. The molecule has 1 unspecified atom stereocenters. The fourth-order valence-corrected chi connectivity index (χ4v) is 2.87. The monoisotopic (exact) mass is 284 g/mol. The predicted molar refractivity (Wildman–Crippen MR) is 70.6 cm³/mol. The van der Waals surface area contributed by atoms with Crippen molar-refractivity contribution in [1.29, 1.82) is 0 Å². The van der Waals surface area contributed by atoms with E-state index in [0.717, 1.165) is 31.0 Å². The highest BCUT2D eigenvalue weighted by atomic mass is 32.1. The van der Waals surface area contributed by atoms with E-state index < -0.39 is 5.97 Å². The minimum atomic E-state index is -1.07. The third kappa shape index (κ3) is 3.51. The van der Waals surface area contributed by atoms with Gasteiger partial charge in [0, 0.05) is 13.0 Å². The highest BCUT2D eigenvalue weighted by Crippen LogP contribution is 2.25. The van der Waals surface area contributed by atoms with E-state index >= 15 is 0 Å². The quantitative estimate of drug-likeness (QED) is 0.863. The minimum absolute atomic E-state index is 0.0791. The van der Waals surface area contributed by atoms with Crippen molar-refractivity contribution in [1.82, 2.24) is 4.37 Å². The summed E-state index contributed by atoms with van der Waals surface area (Å²) in [6, 6.07) is 0. The Morgan fingerprint density at radius 3 is 3.00 bits per heavy atom. The Morgan fingerprint density at radius 1 is 1.58 bits per heavy atom. The summed E-state index contributed by atoms with van der Waals surface area (Å²) in [5, 5.41) is 12.0. The lowest BCUT2D eigenvalue weighted by molar-refractivity contribution is -0.116. The number of amides is 1. The summed E-state index contributed by atoms with van der Waals surface area (Å²) in [5.74, 6) is -1.26. The third-order valence-corrected chi connectivity index (χ3v) is 3.90. The van der Waals surface area contributed by atoms with Crippen LogP contribution in [0.25, 0.3) is 0 Å². The summed E-state index contributed by atoms with van der Waals surface area (Å²) in [6.45, 7) is 2.38. The molecule has 1 atom stereocenters. The number of carbonyl (C=O) groups excluding carboxylic acids is 1. The van der Waals surface area contributed by atoms with Crippen molar-refractivity contribution in [2.45, 2.75) is 38.7 Å². The Morgan fingerprint density at radius 2 is 2.37 bits per heavy atom. The van der Waals surface area contributed by atoms with E-state index in [1.54, 1.807) is 6.92 Å². The van der Waals surface area contributed by atoms with E-state index in [4.69, 9.17) is 9.84 Å². The van der Waals surface area contributed by atoms with Crippen molar-refractivity contribution < 1.29 is 19.4 Å². The molecule has 0 radical (unpaired) electrons. The summed E-state index contributed by atoms with van der Waals surface area (Å²) >= 11 is 0.997. The van der Waals surface area contributed by atoms with Gasteiger partial charge in [-0.1, -0.05) is 0 Å². The molecule has 1 aromatic heterocycles. The zero-order valence-electron chi connectivity index (χ0n) is 10.6. The van der Waals surface area contributed by atoms with E-state index in [2.05, 4.69) is 9.69 Å². The molecule has 1 saturated heterocycles. The fourth-order valence-electron chi connectivity index (χ4n) is 2.06. The van der Waals surface area contributed by atoms with Gasteiger partial charge in [0.1, 0.15) is 10.6 Å². The first kappa shape index (κ1) is 14.0. The smallest absolute Gasteiger partial charge is 0.340 e. The van der Waals surface area contributed by atoms with Crippen molar-refractivity contribution in [3.8, 4) is 0 Å². The molecule has 2 heterocycles. The lowest BCUT2D eigenvalue weighted by Gasteiger charge is -2.08. The standard InChI is InChI=1S/C12H16N2O4S/c1-7-10(12(16)17)11(19-14-7)13-9(15)5-4-8-3-2-6-18-8/h8H,2-6H2,1H3,(H,13,15)(H,16,17).